The Hall–Kier alpha value is -1.33. The van der Waals surface area contributed by atoms with Crippen LogP contribution in [-0.4, -0.2) is 42.0 Å². The molecule has 3 rings (SSSR count). The summed E-state index contributed by atoms with van der Waals surface area (Å²) in [5.74, 6) is -0.142. The van der Waals surface area contributed by atoms with Gasteiger partial charge in [0, 0.05) is 18.8 Å². The molecule has 1 aliphatic heterocycles. The van der Waals surface area contributed by atoms with E-state index in [0.29, 0.717) is 5.56 Å². The SMILES string of the molecule is CN(C(=O)c1cc2c([nH]c1=O)CCCC2)C1CCNCC1.Cl. The Kier molecular flexibility index (Phi) is 5.64. The summed E-state index contributed by atoms with van der Waals surface area (Å²) in [4.78, 5) is 29.5. The normalized spacial score (nSPS) is 18.2. The van der Waals surface area contributed by atoms with E-state index in [1.807, 2.05) is 13.1 Å². The molecule has 1 aromatic heterocycles. The van der Waals surface area contributed by atoms with Gasteiger partial charge < -0.3 is 15.2 Å². The molecule has 0 saturated carbocycles. The number of halogens is 1. The van der Waals surface area contributed by atoms with Crippen LogP contribution in [0, 0.1) is 0 Å². The number of nitrogens with one attached hydrogen (secondary N) is 2. The topological polar surface area (TPSA) is 65.2 Å². The van der Waals surface area contributed by atoms with E-state index in [-0.39, 0.29) is 29.9 Å². The van der Waals surface area contributed by atoms with Crippen molar-refractivity contribution in [1.29, 1.82) is 0 Å². The van der Waals surface area contributed by atoms with Gasteiger partial charge in [-0.15, -0.1) is 12.4 Å². The molecule has 1 amide bonds. The maximum atomic E-state index is 12.6. The number of nitrogens with zero attached hydrogens (tertiary/aromatic N) is 1. The number of rotatable bonds is 2. The third-order valence-electron chi connectivity index (χ3n) is 4.75. The summed E-state index contributed by atoms with van der Waals surface area (Å²) in [6.07, 6.45) is 6.03. The van der Waals surface area contributed by atoms with Gasteiger partial charge in [-0.3, -0.25) is 9.59 Å². The molecule has 0 spiro atoms. The number of hydrogen-bond donors (Lipinski definition) is 2. The fraction of sp³-hybridized carbons (Fsp3) is 0.625. The molecule has 0 aromatic carbocycles. The fourth-order valence-corrected chi connectivity index (χ4v) is 3.38. The second-order valence-corrected chi connectivity index (χ2v) is 6.12. The molecule has 122 valence electrons. The third kappa shape index (κ3) is 3.36. The van der Waals surface area contributed by atoms with Gasteiger partial charge in [0.1, 0.15) is 5.56 Å². The van der Waals surface area contributed by atoms with Crippen LogP contribution in [0.1, 0.15) is 47.3 Å². The van der Waals surface area contributed by atoms with Crippen molar-refractivity contribution in [3.8, 4) is 0 Å². The summed E-state index contributed by atoms with van der Waals surface area (Å²) < 4.78 is 0. The summed E-state index contributed by atoms with van der Waals surface area (Å²) in [5.41, 5.74) is 2.23. The van der Waals surface area contributed by atoms with Gasteiger partial charge in [0.25, 0.3) is 11.5 Å². The average molecular weight is 326 g/mol. The lowest BCUT2D eigenvalue weighted by Gasteiger charge is -2.31. The van der Waals surface area contributed by atoms with Crippen molar-refractivity contribution in [3.63, 3.8) is 0 Å². The highest BCUT2D eigenvalue weighted by atomic mass is 35.5. The molecule has 2 N–H and O–H groups in total. The maximum Gasteiger partial charge on any atom is 0.261 e. The molecule has 6 heteroatoms. The van der Waals surface area contributed by atoms with E-state index in [9.17, 15) is 9.59 Å². The van der Waals surface area contributed by atoms with Crippen LogP contribution >= 0.6 is 12.4 Å². The minimum atomic E-state index is -0.235. The van der Waals surface area contributed by atoms with Gasteiger partial charge in [0.2, 0.25) is 0 Å². The van der Waals surface area contributed by atoms with Crippen molar-refractivity contribution in [3.05, 3.63) is 33.2 Å². The Morgan fingerprint density at radius 3 is 2.64 bits per heavy atom. The Morgan fingerprint density at radius 1 is 1.23 bits per heavy atom. The van der Waals surface area contributed by atoms with Crippen molar-refractivity contribution in [2.75, 3.05) is 20.1 Å². The zero-order valence-electron chi connectivity index (χ0n) is 13.0. The standard InChI is InChI=1S/C16H23N3O2.ClH/c1-19(12-6-8-17-9-7-12)16(21)13-10-11-4-2-3-5-14(11)18-15(13)20;/h10,12,17H,2-9H2,1H3,(H,18,20);1H. The zero-order chi connectivity index (χ0) is 14.8. The largest absolute Gasteiger partial charge is 0.338 e. The molecule has 0 atom stereocenters. The smallest absolute Gasteiger partial charge is 0.261 e. The number of piperidine rings is 1. The molecule has 1 saturated heterocycles. The van der Waals surface area contributed by atoms with Crippen molar-refractivity contribution >= 4 is 18.3 Å². The van der Waals surface area contributed by atoms with Gasteiger partial charge in [-0.1, -0.05) is 0 Å². The lowest BCUT2D eigenvalue weighted by molar-refractivity contribution is 0.0701. The van der Waals surface area contributed by atoms with Gasteiger partial charge in [-0.25, -0.2) is 0 Å². The quantitative estimate of drug-likeness (QED) is 0.866. The highest BCUT2D eigenvalue weighted by Crippen LogP contribution is 2.20. The van der Waals surface area contributed by atoms with Crippen LogP contribution in [0.15, 0.2) is 10.9 Å². The van der Waals surface area contributed by atoms with Crippen LogP contribution in [-0.2, 0) is 12.8 Å². The molecule has 0 radical (unpaired) electrons. The van der Waals surface area contributed by atoms with E-state index in [4.69, 9.17) is 0 Å². The molecule has 2 heterocycles. The second-order valence-electron chi connectivity index (χ2n) is 6.12. The predicted molar refractivity (Wildman–Crippen MR) is 88.9 cm³/mol. The summed E-state index contributed by atoms with van der Waals surface area (Å²) in [6.45, 7) is 1.87. The number of aromatic amines is 1. The number of fused-ring (bicyclic) bond motifs is 1. The van der Waals surface area contributed by atoms with Crippen molar-refractivity contribution in [2.45, 2.75) is 44.6 Å². The number of aromatic nitrogens is 1. The molecular weight excluding hydrogens is 302 g/mol. The molecule has 1 fully saturated rings. The molecule has 1 aromatic rings. The number of hydrogen-bond acceptors (Lipinski definition) is 3. The average Bonchev–Trinajstić information content (AvgIpc) is 2.53. The Balaban J connectivity index is 0.00000176. The van der Waals surface area contributed by atoms with E-state index in [1.54, 1.807) is 4.90 Å². The maximum absolute atomic E-state index is 12.6. The first-order valence-corrected chi connectivity index (χ1v) is 7.90. The van der Waals surface area contributed by atoms with E-state index >= 15 is 0 Å². The van der Waals surface area contributed by atoms with Crippen LogP contribution in [0.5, 0.6) is 0 Å². The Labute approximate surface area is 136 Å². The van der Waals surface area contributed by atoms with Crippen molar-refractivity contribution < 1.29 is 4.79 Å². The zero-order valence-corrected chi connectivity index (χ0v) is 13.8. The molecule has 1 aliphatic carbocycles. The molecule has 5 nitrogen and oxygen atoms in total. The number of H-pyrrole nitrogens is 1. The number of carbonyl (C=O) groups is 1. The lowest BCUT2D eigenvalue weighted by atomic mass is 9.94. The van der Waals surface area contributed by atoms with E-state index in [1.165, 1.54) is 0 Å². The molecule has 22 heavy (non-hydrogen) atoms. The third-order valence-corrected chi connectivity index (χ3v) is 4.75. The number of amides is 1. The van der Waals surface area contributed by atoms with Crippen LogP contribution in [0.25, 0.3) is 0 Å². The van der Waals surface area contributed by atoms with Crippen molar-refractivity contribution in [1.82, 2.24) is 15.2 Å². The van der Waals surface area contributed by atoms with Gasteiger partial charge in [-0.05, 0) is 63.2 Å². The van der Waals surface area contributed by atoms with Gasteiger partial charge in [-0.2, -0.15) is 0 Å². The van der Waals surface area contributed by atoms with Crippen LogP contribution in [0.3, 0.4) is 0 Å². The first-order chi connectivity index (χ1) is 10.2. The summed E-state index contributed by atoms with van der Waals surface area (Å²) >= 11 is 0. The minimum Gasteiger partial charge on any atom is -0.338 e. The molecule has 0 bridgehead atoms. The summed E-state index contributed by atoms with van der Waals surface area (Å²) in [6, 6.07) is 2.06. The van der Waals surface area contributed by atoms with Gasteiger partial charge >= 0.3 is 0 Å². The first kappa shape index (κ1) is 17.0. The molecule has 2 aliphatic rings. The first-order valence-electron chi connectivity index (χ1n) is 7.90. The molecular formula is C16H24ClN3O2. The van der Waals surface area contributed by atoms with Gasteiger partial charge in [0.05, 0.1) is 0 Å². The molecule has 0 unspecified atom stereocenters. The van der Waals surface area contributed by atoms with Crippen LogP contribution < -0.4 is 10.9 Å². The number of carbonyl (C=O) groups excluding carboxylic acids is 1. The second kappa shape index (κ2) is 7.29. The highest BCUT2D eigenvalue weighted by Gasteiger charge is 2.25. The van der Waals surface area contributed by atoms with E-state index in [2.05, 4.69) is 10.3 Å². The highest BCUT2D eigenvalue weighted by molar-refractivity contribution is 5.94. The van der Waals surface area contributed by atoms with Gasteiger partial charge in [0.15, 0.2) is 0 Å². The van der Waals surface area contributed by atoms with Crippen LogP contribution in [0.2, 0.25) is 0 Å². The predicted octanol–water partition coefficient (Wildman–Crippen LogP) is 1.50. The minimum absolute atomic E-state index is 0. The van der Waals surface area contributed by atoms with Crippen molar-refractivity contribution in [2.24, 2.45) is 0 Å². The van der Waals surface area contributed by atoms with E-state index in [0.717, 1.165) is 62.9 Å². The Bertz CT molecular complexity index is 594. The summed E-state index contributed by atoms with van der Waals surface area (Å²) in [5, 5.41) is 3.29. The fourth-order valence-electron chi connectivity index (χ4n) is 3.38. The number of aryl methyl sites for hydroxylation is 2. The van der Waals surface area contributed by atoms with Crippen LogP contribution in [0.4, 0.5) is 0 Å². The number of pyridine rings is 1. The lowest BCUT2D eigenvalue weighted by Crippen LogP contribution is -2.45. The monoisotopic (exact) mass is 325 g/mol. The van der Waals surface area contributed by atoms with E-state index < -0.39 is 0 Å². The summed E-state index contributed by atoms with van der Waals surface area (Å²) in [7, 11) is 1.82. The Morgan fingerprint density at radius 2 is 1.91 bits per heavy atom.